The normalized spacial score (nSPS) is 12.1. The molecule has 108 valence electrons. The van der Waals surface area contributed by atoms with Crippen LogP contribution in [0.15, 0.2) is 24.3 Å². The van der Waals surface area contributed by atoms with Crippen LogP contribution in [0.3, 0.4) is 0 Å². The van der Waals surface area contributed by atoms with Gasteiger partial charge < -0.3 is 10.4 Å². The first kappa shape index (κ1) is 16.2. The van der Waals surface area contributed by atoms with Crippen molar-refractivity contribution in [3.63, 3.8) is 0 Å². The van der Waals surface area contributed by atoms with Gasteiger partial charge in [-0.1, -0.05) is 52.0 Å². The lowest BCUT2D eigenvalue weighted by atomic mass is 9.95. The van der Waals surface area contributed by atoms with Crippen LogP contribution in [-0.2, 0) is 12.8 Å². The van der Waals surface area contributed by atoms with Crippen molar-refractivity contribution in [1.29, 1.82) is 0 Å². The second-order valence-electron chi connectivity index (χ2n) is 6.66. The Balaban J connectivity index is 2.30. The average Bonchev–Trinajstić information content (AvgIpc) is 2.36. The Morgan fingerprint density at radius 2 is 1.68 bits per heavy atom. The summed E-state index contributed by atoms with van der Waals surface area (Å²) in [6.45, 7) is 10.7. The highest BCUT2D eigenvalue weighted by molar-refractivity contribution is 5.23. The lowest BCUT2D eigenvalue weighted by molar-refractivity contribution is 0.157. The molecule has 0 amide bonds. The number of aliphatic hydroxyl groups is 1. The average molecular weight is 263 g/mol. The lowest BCUT2D eigenvalue weighted by Gasteiger charge is -2.21. The molecule has 0 aliphatic carbocycles. The highest BCUT2D eigenvalue weighted by Gasteiger charge is 2.14. The van der Waals surface area contributed by atoms with Gasteiger partial charge in [0.2, 0.25) is 0 Å². The molecule has 0 fully saturated rings. The number of aliphatic hydroxyl groups excluding tert-OH is 1. The number of benzene rings is 1. The molecule has 1 rings (SSSR count). The van der Waals surface area contributed by atoms with Gasteiger partial charge >= 0.3 is 0 Å². The molecule has 1 aromatic rings. The van der Waals surface area contributed by atoms with E-state index < -0.39 is 0 Å². The van der Waals surface area contributed by atoms with Crippen LogP contribution in [0.1, 0.15) is 38.8 Å². The predicted molar refractivity (Wildman–Crippen MR) is 82.4 cm³/mol. The van der Waals surface area contributed by atoms with Gasteiger partial charge in [0.15, 0.2) is 0 Å². The van der Waals surface area contributed by atoms with E-state index in [0.717, 1.165) is 25.9 Å². The van der Waals surface area contributed by atoms with Crippen LogP contribution in [0, 0.1) is 11.3 Å². The minimum absolute atomic E-state index is 0.0267. The predicted octanol–water partition coefficient (Wildman–Crippen LogP) is 3.04. The quantitative estimate of drug-likeness (QED) is 0.707. The molecule has 0 unspecified atom stereocenters. The van der Waals surface area contributed by atoms with Crippen molar-refractivity contribution in [3.8, 4) is 0 Å². The molecule has 0 saturated carbocycles. The molecule has 0 aromatic heterocycles. The van der Waals surface area contributed by atoms with E-state index in [4.69, 9.17) is 0 Å². The number of hydrogen-bond donors (Lipinski definition) is 2. The fourth-order valence-electron chi connectivity index (χ4n) is 2.03. The van der Waals surface area contributed by atoms with Crippen molar-refractivity contribution >= 4 is 0 Å². The van der Waals surface area contributed by atoms with Gasteiger partial charge in [0, 0.05) is 18.6 Å². The van der Waals surface area contributed by atoms with Gasteiger partial charge in [-0.05, 0) is 36.4 Å². The van der Waals surface area contributed by atoms with Gasteiger partial charge in [-0.3, -0.25) is 0 Å². The van der Waals surface area contributed by atoms with Crippen molar-refractivity contribution < 1.29 is 5.11 Å². The second-order valence-corrected chi connectivity index (χ2v) is 6.66. The summed E-state index contributed by atoms with van der Waals surface area (Å²) in [5, 5.41) is 12.6. The van der Waals surface area contributed by atoms with Crippen LogP contribution in [0.4, 0.5) is 0 Å². The Bertz CT molecular complexity index is 354. The van der Waals surface area contributed by atoms with Crippen LogP contribution in [0.25, 0.3) is 0 Å². The maximum absolute atomic E-state index is 9.17. The first-order chi connectivity index (χ1) is 8.93. The largest absolute Gasteiger partial charge is 0.396 e. The zero-order chi connectivity index (χ0) is 14.3. The molecular formula is C17H29NO. The summed E-state index contributed by atoms with van der Waals surface area (Å²) in [6, 6.07) is 8.95. The van der Waals surface area contributed by atoms with Crippen molar-refractivity contribution in [1.82, 2.24) is 5.32 Å². The Hall–Kier alpha value is -0.860. The van der Waals surface area contributed by atoms with E-state index in [1.807, 2.05) is 0 Å². The Kier molecular flexibility index (Phi) is 6.53. The number of rotatable bonds is 8. The fourth-order valence-corrected chi connectivity index (χ4v) is 2.03. The Morgan fingerprint density at radius 1 is 1.11 bits per heavy atom. The van der Waals surface area contributed by atoms with Crippen LogP contribution in [-0.4, -0.2) is 24.8 Å². The maximum Gasteiger partial charge on any atom is 0.0494 e. The molecule has 0 aliphatic rings. The summed E-state index contributed by atoms with van der Waals surface area (Å²) in [4.78, 5) is 0. The third kappa shape index (κ3) is 6.74. The minimum atomic E-state index is -0.0267. The molecule has 0 bridgehead atoms. The monoisotopic (exact) mass is 263 g/mol. The molecule has 2 nitrogen and oxygen atoms in total. The van der Waals surface area contributed by atoms with E-state index in [-0.39, 0.29) is 12.0 Å². The van der Waals surface area contributed by atoms with Crippen LogP contribution < -0.4 is 5.32 Å². The molecule has 0 atom stereocenters. The maximum atomic E-state index is 9.17. The van der Waals surface area contributed by atoms with Crippen molar-refractivity contribution in [3.05, 3.63) is 35.4 Å². The molecule has 0 aliphatic heterocycles. The minimum Gasteiger partial charge on any atom is -0.396 e. The summed E-state index contributed by atoms with van der Waals surface area (Å²) in [7, 11) is 0. The van der Waals surface area contributed by atoms with Gasteiger partial charge in [0.1, 0.15) is 0 Å². The molecular weight excluding hydrogens is 234 g/mol. The zero-order valence-corrected chi connectivity index (χ0v) is 12.9. The summed E-state index contributed by atoms with van der Waals surface area (Å²) in [6.07, 6.45) is 2.20. The lowest BCUT2D eigenvalue weighted by Crippen LogP contribution is -2.33. The third-order valence-electron chi connectivity index (χ3n) is 3.29. The molecule has 2 heteroatoms. The fraction of sp³-hybridized carbons (Fsp3) is 0.647. The van der Waals surface area contributed by atoms with E-state index in [0.29, 0.717) is 5.92 Å². The summed E-state index contributed by atoms with van der Waals surface area (Å²) < 4.78 is 0. The zero-order valence-electron chi connectivity index (χ0n) is 12.9. The van der Waals surface area contributed by atoms with Crippen molar-refractivity contribution in [2.45, 2.75) is 40.5 Å². The summed E-state index contributed by atoms with van der Waals surface area (Å²) in [5.41, 5.74) is 2.77. The highest BCUT2D eigenvalue weighted by atomic mass is 16.3. The van der Waals surface area contributed by atoms with Crippen molar-refractivity contribution in [2.24, 2.45) is 11.3 Å². The molecule has 0 saturated heterocycles. The van der Waals surface area contributed by atoms with E-state index in [1.165, 1.54) is 11.1 Å². The molecule has 0 radical (unpaired) electrons. The molecule has 2 N–H and O–H groups in total. The number of nitrogens with one attached hydrogen (secondary N) is 1. The van der Waals surface area contributed by atoms with Crippen LogP contribution in [0.5, 0.6) is 0 Å². The van der Waals surface area contributed by atoms with Crippen LogP contribution >= 0.6 is 0 Å². The Labute approximate surface area is 118 Å². The van der Waals surface area contributed by atoms with E-state index in [2.05, 4.69) is 57.3 Å². The van der Waals surface area contributed by atoms with E-state index >= 15 is 0 Å². The van der Waals surface area contributed by atoms with Gasteiger partial charge in [-0.25, -0.2) is 0 Å². The van der Waals surface area contributed by atoms with Gasteiger partial charge in [0.25, 0.3) is 0 Å². The first-order valence-electron chi connectivity index (χ1n) is 7.32. The van der Waals surface area contributed by atoms with Crippen LogP contribution in [0.2, 0.25) is 0 Å². The summed E-state index contributed by atoms with van der Waals surface area (Å²) >= 11 is 0. The third-order valence-corrected chi connectivity index (χ3v) is 3.29. The van der Waals surface area contributed by atoms with Crippen molar-refractivity contribution in [2.75, 3.05) is 19.7 Å². The number of hydrogen-bond acceptors (Lipinski definition) is 2. The van der Waals surface area contributed by atoms with Gasteiger partial charge in [-0.2, -0.15) is 0 Å². The Morgan fingerprint density at radius 3 is 2.21 bits per heavy atom. The van der Waals surface area contributed by atoms with E-state index in [1.54, 1.807) is 0 Å². The van der Waals surface area contributed by atoms with Gasteiger partial charge in [-0.15, -0.1) is 0 Å². The molecule has 19 heavy (non-hydrogen) atoms. The highest BCUT2D eigenvalue weighted by Crippen LogP contribution is 2.12. The standard InChI is InChI=1S/C17H29NO/c1-14(2)11-16-7-5-15(6-8-16)9-10-18-12-17(3,4)13-19/h5-8,14,18-19H,9-13H2,1-4H3. The first-order valence-corrected chi connectivity index (χ1v) is 7.32. The smallest absolute Gasteiger partial charge is 0.0494 e. The second kappa shape index (κ2) is 7.66. The van der Waals surface area contributed by atoms with Gasteiger partial charge in [0.05, 0.1) is 0 Å². The summed E-state index contributed by atoms with van der Waals surface area (Å²) in [5.74, 6) is 0.716. The molecule has 0 heterocycles. The molecule has 0 spiro atoms. The molecule has 1 aromatic carbocycles. The topological polar surface area (TPSA) is 32.3 Å². The van der Waals surface area contributed by atoms with E-state index in [9.17, 15) is 5.11 Å². The SMILES string of the molecule is CC(C)Cc1ccc(CCNCC(C)(C)CO)cc1.